The summed E-state index contributed by atoms with van der Waals surface area (Å²) in [6, 6.07) is 0. The highest BCUT2D eigenvalue weighted by Gasteiger charge is 2.33. The maximum atomic E-state index is 11.8. The number of ether oxygens (including phenoxy) is 1. The van der Waals surface area contributed by atoms with Crippen molar-refractivity contribution in [1.29, 1.82) is 0 Å². The highest BCUT2D eigenvalue weighted by Crippen LogP contribution is 2.17. The molecule has 0 heterocycles. The van der Waals surface area contributed by atoms with Gasteiger partial charge >= 0.3 is 5.97 Å². The lowest BCUT2D eigenvalue weighted by Crippen LogP contribution is -2.52. The summed E-state index contributed by atoms with van der Waals surface area (Å²) in [5.74, 6) is 2.34. The van der Waals surface area contributed by atoms with Crippen molar-refractivity contribution in [3.05, 3.63) is 0 Å². The van der Waals surface area contributed by atoms with Crippen molar-refractivity contribution in [2.45, 2.75) is 40.2 Å². The molecule has 0 saturated carbocycles. The number of hydrogen-bond donors (Lipinski definition) is 1. The minimum Gasteiger partial charge on any atom is -0.465 e. The van der Waals surface area contributed by atoms with Crippen molar-refractivity contribution in [3.8, 4) is 0 Å². The van der Waals surface area contributed by atoms with Crippen LogP contribution in [0.2, 0.25) is 0 Å². The minimum atomic E-state index is -0.551. The molecule has 4 heteroatoms. The van der Waals surface area contributed by atoms with E-state index in [9.17, 15) is 4.79 Å². The van der Waals surface area contributed by atoms with Gasteiger partial charge in [-0.05, 0) is 32.1 Å². The van der Waals surface area contributed by atoms with Crippen LogP contribution in [-0.4, -0.2) is 36.2 Å². The Morgan fingerprint density at radius 1 is 1.44 bits per heavy atom. The summed E-state index contributed by atoms with van der Waals surface area (Å²) < 4.78 is 5.10. The smallest absolute Gasteiger partial charge is 0.326 e. The first kappa shape index (κ1) is 15.8. The Bertz CT molecular complexity index is 209. The molecule has 0 aliphatic rings. The van der Waals surface area contributed by atoms with Gasteiger partial charge in [0.15, 0.2) is 0 Å². The van der Waals surface area contributed by atoms with E-state index in [1.165, 1.54) is 0 Å². The van der Waals surface area contributed by atoms with Crippen molar-refractivity contribution in [2.75, 3.05) is 24.7 Å². The second-order valence-electron chi connectivity index (χ2n) is 4.49. The van der Waals surface area contributed by atoms with Crippen molar-refractivity contribution < 1.29 is 9.53 Å². The van der Waals surface area contributed by atoms with Crippen molar-refractivity contribution in [2.24, 2.45) is 5.92 Å². The van der Waals surface area contributed by atoms with Gasteiger partial charge in [-0.15, -0.1) is 0 Å². The van der Waals surface area contributed by atoms with Crippen molar-refractivity contribution in [3.63, 3.8) is 0 Å². The molecule has 0 aromatic rings. The molecule has 1 atom stereocenters. The predicted octanol–water partition coefficient (Wildman–Crippen LogP) is 2.31. The van der Waals surface area contributed by atoms with Gasteiger partial charge < -0.3 is 10.1 Å². The topological polar surface area (TPSA) is 38.3 Å². The first-order chi connectivity index (χ1) is 7.46. The fraction of sp³-hybridized carbons (Fsp3) is 0.917. The van der Waals surface area contributed by atoms with Crippen molar-refractivity contribution >= 4 is 17.7 Å². The number of rotatable bonds is 8. The van der Waals surface area contributed by atoms with Crippen LogP contribution in [0.3, 0.4) is 0 Å². The average Bonchev–Trinajstić information content (AvgIpc) is 2.17. The van der Waals surface area contributed by atoms with Crippen LogP contribution in [0, 0.1) is 5.92 Å². The lowest BCUT2D eigenvalue weighted by atomic mass is 10.1. The molecule has 0 aliphatic heterocycles. The summed E-state index contributed by atoms with van der Waals surface area (Å²) in [7, 11) is 0. The maximum absolute atomic E-state index is 11.8. The Labute approximate surface area is 104 Å². The standard InChI is InChI=1S/C12H25NO2S/c1-6-13-12(5,11(14)15-7-2)9-16-8-10(3)4/h10,13H,6-9H2,1-5H3. The second kappa shape index (κ2) is 7.96. The molecule has 96 valence electrons. The fourth-order valence-corrected chi connectivity index (χ4v) is 2.58. The van der Waals surface area contributed by atoms with Crippen LogP contribution in [0.1, 0.15) is 34.6 Å². The SMILES string of the molecule is CCNC(C)(CSCC(C)C)C(=O)OCC. The van der Waals surface area contributed by atoms with Gasteiger partial charge in [-0.1, -0.05) is 20.8 Å². The van der Waals surface area contributed by atoms with E-state index in [4.69, 9.17) is 4.74 Å². The van der Waals surface area contributed by atoms with Gasteiger partial charge in [0.05, 0.1) is 6.61 Å². The van der Waals surface area contributed by atoms with Crippen LogP contribution in [0.25, 0.3) is 0 Å². The molecule has 0 fully saturated rings. The van der Waals surface area contributed by atoms with Gasteiger partial charge in [0.25, 0.3) is 0 Å². The third-order valence-electron chi connectivity index (χ3n) is 2.13. The Balaban J connectivity index is 4.26. The molecule has 0 aromatic carbocycles. The molecule has 0 aromatic heterocycles. The van der Waals surface area contributed by atoms with Crippen LogP contribution in [0.15, 0.2) is 0 Å². The molecule has 0 aliphatic carbocycles. The zero-order chi connectivity index (χ0) is 12.6. The lowest BCUT2D eigenvalue weighted by molar-refractivity contribution is -0.149. The largest absolute Gasteiger partial charge is 0.465 e. The van der Waals surface area contributed by atoms with Gasteiger partial charge in [0, 0.05) is 5.75 Å². The lowest BCUT2D eigenvalue weighted by Gasteiger charge is -2.28. The summed E-state index contributed by atoms with van der Waals surface area (Å²) >= 11 is 1.80. The summed E-state index contributed by atoms with van der Waals surface area (Å²) in [6.45, 7) is 11.3. The fourth-order valence-electron chi connectivity index (χ4n) is 1.36. The van der Waals surface area contributed by atoms with Crippen molar-refractivity contribution in [1.82, 2.24) is 5.32 Å². The third kappa shape index (κ3) is 5.75. The van der Waals surface area contributed by atoms with E-state index < -0.39 is 5.54 Å². The monoisotopic (exact) mass is 247 g/mol. The predicted molar refractivity (Wildman–Crippen MR) is 70.9 cm³/mol. The highest BCUT2D eigenvalue weighted by molar-refractivity contribution is 7.99. The molecule has 3 nitrogen and oxygen atoms in total. The second-order valence-corrected chi connectivity index (χ2v) is 5.52. The quantitative estimate of drug-likeness (QED) is 0.668. The summed E-state index contributed by atoms with van der Waals surface area (Å²) in [4.78, 5) is 11.8. The van der Waals surface area contributed by atoms with E-state index in [1.807, 2.05) is 20.8 Å². The van der Waals surface area contributed by atoms with Crippen LogP contribution in [-0.2, 0) is 9.53 Å². The summed E-state index contributed by atoms with van der Waals surface area (Å²) in [5, 5.41) is 3.22. The van der Waals surface area contributed by atoms with Crippen LogP contribution in [0.4, 0.5) is 0 Å². The molecule has 0 rings (SSSR count). The van der Waals surface area contributed by atoms with Gasteiger partial charge in [-0.25, -0.2) is 0 Å². The number of carbonyl (C=O) groups is 1. The molecule has 0 saturated heterocycles. The Kier molecular flexibility index (Phi) is 7.85. The third-order valence-corrected chi connectivity index (χ3v) is 3.82. The molecular weight excluding hydrogens is 222 g/mol. The highest BCUT2D eigenvalue weighted by atomic mass is 32.2. The molecule has 1 N–H and O–H groups in total. The van der Waals surface area contributed by atoms with Crippen LogP contribution >= 0.6 is 11.8 Å². The first-order valence-electron chi connectivity index (χ1n) is 5.96. The maximum Gasteiger partial charge on any atom is 0.326 e. The van der Waals surface area contributed by atoms with Gasteiger partial charge in [-0.3, -0.25) is 4.79 Å². The zero-order valence-electron chi connectivity index (χ0n) is 11.1. The van der Waals surface area contributed by atoms with Gasteiger partial charge in [-0.2, -0.15) is 11.8 Å². The number of esters is 1. The summed E-state index contributed by atoms with van der Waals surface area (Å²) in [5.41, 5.74) is -0.551. The van der Waals surface area contributed by atoms with Gasteiger partial charge in [0.1, 0.15) is 5.54 Å². The zero-order valence-corrected chi connectivity index (χ0v) is 11.9. The molecule has 0 spiro atoms. The van der Waals surface area contributed by atoms with E-state index in [1.54, 1.807) is 11.8 Å². The average molecular weight is 247 g/mol. The van der Waals surface area contributed by atoms with E-state index in [-0.39, 0.29) is 5.97 Å². The number of nitrogens with one attached hydrogen (secondary N) is 1. The Morgan fingerprint density at radius 2 is 2.06 bits per heavy atom. The molecule has 0 bridgehead atoms. The molecular formula is C12H25NO2S. The van der Waals surface area contributed by atoms with Gasteiger partial charge in [0.2, 0.25) is 0 Å². The van der Waals surface area contributed by atoms with E-state index >= 15 is 0 Å². The molecule has 1 unspecified atom stereocenters. The van der Waals surface area contributed by atoms with E-state index in [2.05, 4.69) is 19.2 Å². The van der Waals surface area contributed by atoms with Crippen LogP contribution in [0.5, 0.6) is 0 Å². The number of likely N-dealkylation sites (N-methyl/N-ethyl adjacent to an activating group) is 1. The first-order valence-corrected chi connectivity index (χ1v) is 7.11. The number of thioether (sulfide) groups is 1. The Hall–Kier alpha value is -0.220. The summed E-state index contributed by atoms with van der Waals surface area (Å²) in [6.07, 6.45) is 0. The Morgan fingerprint density at radius 3 is 2.50 bits per heavy atom. The number of carbonyl (C=O) groups excluding carboxylic acids is 1. The number of hydrogen-bond acceptors (Lipinski definition) is 4. The molecule has 0 amide bonds. The molecule has 0 radical (unpaired) electrons. The normalized spacial score (nSPS) is 14.9. The van der Waals surface area contributed by atoms with E-state index in [0.29, 0.717) is 12.5 Å². The van der Waals surface area contributed by atoms with E-state index in [0.717, 1.165) is 18.1 Å². The minimum absolute atomic E-state index is 0.145. The van der Waals surface area contributed by atoms with Crippen LogP contribution < -0.4 is 5.32 Å². The molecule has 16 heavy (non-hydrogen) atoms.